The summed E-state index contributed by atoms with van der Waals surface area (Å²) >= 11 is 0. The second kappa shape index (κ2) is 11.5. The standard InChI is InChI=1S/C20H26N2O8/c1-11(15(19(27)29-3)20(28)30-4)16(18(25)26)22-17(24)14(21-12(2)23)10-13-8-6-5-7-9-13/h5-9,11,14-16H,10H2,1-4H3,(H,21,23)(H,22,24)(H,25,26)/t11-,14+,16+/m0/s1. The quantitative estimate of drug-likeness (QED) is 0.350. The third-order valence-electron chi connectivity index (χ3n) is 4.50. The van der Waals surface area contributed by atoms with Crippen LogP contribution in [0.3, 0.4) is 0 Å². The molecule has 1 aromatic carbocycles. The lowest BCUT2D eigenvalue weighted by Gasteiger charge is -2.27. The Kier molecular flexibility index (Phi) is 9.47. The van der Waals surface area contributed by atoms with E-state index in [9.17, 15) is 29.1 Å². The Labute approximate surface area is 173 Å². The smallest absolute Gasteiger partial charge is 0.326 e. The van der Waals surface area contributed by atoms with E-state index in [1.807, 2.05) is 0 Å². The van der Waals surface area contributed by atoms with Gasteiger partial charge in [-0.3, -0.25) is 19.2 Å². The summed E-state index contributed by atoms with van der Waals surface area (Å²) in [5.41, 5.74) is 0.744. The molecule has 0 heterocycles. The van der Waals surface area contributed by atoms with E-state index in [0.29, 0.717) is 0 Å². The minimum Gasteiger partial charge on any atom is -0.480 e. The highest BCUT2D eigenvalue weighted by Gasteiger charge is 2.42. The maximum atomic E-state index is 12.8. The van der Waals surface area contributed by atoms with Crippen LogP contribution in [0.2, 0.25) is 0 Å². The molecule has 0 saturated heterocycles. The number of rotatable bonds is 10. The summed E-state index contributed by atoms with van der Waals surface area (Å²) in [5, 5.41) is 14.4. The van der Waals surface area contributed by atoms with E-state index in [1.54, 1.807) is 30.3 Å². The van der Waals surface area contributed by atoms with Gasteiger partial charge in [-0.15, -0.1) is 0 Å². The van der Waals surface area contributed by atoms with Crippen molar-refractivity contribution >= 4 is 29.7 Å². The number of carbonyl (C=O) groups is 5. The van der Waals surface area contributed by atoms with Crippen molar-refractivity contribution < 1.29 is 38.6 Å². The molecule has 10 heteroatoms. The molecular weight excluding hydrogens is 396 g/mol. The maximum absolute atomic E-state index is 12.8. The molecule has 0 bridgehead atoms. The van der Waals surface area contributed by atoms with Gasteiger partial charge >= 0.3 is 17.9 Å². The Balaban J connectivity index is 3.11. The molecule has 1 rings (SSSR count). The summed E-state index contributed by atoms with van der Waals surface area (Å²) in [4.78, 5) is 60.1. The third-order valence-corrected chi connectivity index (χ3v) is 4.50. The molecule has 2 amide bonds. The van der Waals surface area contributed by atoms with Crippen LogP contribution in [0.4, 0.5) is 0 Å². The fourth-order valence-corrected chi connectivity index (χ4v) is 2.95. The first-order valence-electron chi connectivity index (χ1n) is 9.12. The predicted molar refractivity (Wildman–Crippen MR) is 104 cm³/mol. The van der Waals surface area contributed by atoms with E-state index < -0.39 is 53.6 Å². The fourth-order valence-electron chi connectivity index (χ4n) is 2.95. The van der Waals surface area contributed by atoms with Gasteiger partial charge in [0, 0.05) is 19.3 Å². The van der Waals surface area contributed by atoms with Crippen LogP contribution in [0.5, 0.6) is 0 Å². The number of aliphatic carboxylic acids is 1. The van der Waals surface area contributed by atoms with Gasteiger partial charge in [0.15, 0.2) is 5.92 Å². The van der Waals surface area contributed by atoms with E-state index in [0.717, 1.165) is 19.8 Å². The molecule has 10 nitrogen and oxygen atoms in total. The van der Waals surface area contributed by atoms with Crippen LogP contribution in [-0.2, 0) is 39.9 Å². The number of carboxylic acid groups (broad SMARTS) is 1. The van der Waals surface area contributed by atoms with Crippen molar-refractivity contribution in [3.8, 4) is 0 Å². The number of hydrogen-bond donors (Lipinski definition) is 3. The third kappa shape index (κ3) is 6.87. The first-order valence-corrected chi connectivity index (χ1v) is 9.12. The van der Waals surface area contributed by atoms with Gasteiger partial charge < -0.3 is 25.2 Å². The molecule has 0 radical (unpaired) electrons. The van der Waals surface area contributed by atoms with Crippen molar-refractivity contribution in [1.29, 1.82) is 0 Å². The van der Waals surface area contributed by atoms with Crippen LogP contribution in [0.25, 0.3) is 0 Å². The van der Waals surface area contributed by atoms with Gasteiger partial charge in [-0.25, -0.2) is 4.79 Å². The first-order chi connectivity index (χ1) is 14.1. The summed E-state index contributed by atoms with van der Waals surface area (Å²) in [6.45, 7) is 2.54. The SMILES string of the molecule is COC(=O)C(C(=O)OC)[C@H](C)[C@@H](NC(=O)[C@@H](Cc1ccccc1)NC(C)=O)C(=O)O. The van der Waals surface area contributed by atoms with Gasteiger partial charge in [0.1, 0.15) is 12.1 Å². The molecule has 0 aliphatic rings. The number of esters is 2. The Bertz CT molecular complexity index is 764. The molecule has 0 spiro atoms. The molecule has 0 aromatic heterocycles. The van der Waals surface area contributed by atoms with Gasteiger partial charge in [0.25, 0.3) is 0 Å². The van der Waals surface area contributed by atoms with Crippen LogP contribution in [0.15, 0.2) is 30.3 Å². The molecule has 0 aliphatic heterocycles. The number of benzene rings is 1. The normalized spacial score (nSPS) is 13.5. The van der Waals surface area contributed by atoms with Crippen LogP contribution in [-0.4, -0.2) is 61.1 Å². The predicted octanol–water partition coefficient (Wildman–Crippen LogP) is -0.0985. The van der Waals surface area contributed by atoms with Gasteiger partial charge in [-0.05, 0) is 5.56 Å². The van der Waals surface area contributed by atoms with Crippen molar-refractivity contribution in [1.82, 2.24) is 10.6 Å². The molecular formula is C20H26N2O8. The Morgan fingerprint density at radius 1 is 0.967 bits per heavy atom. The van der Waals surface area contributed by atoms with E-state index in [4.69, 9.17) is 0 Å². The number of nitrogens with one attached hydrogen (secondary N) is 2. The Hall–Kier alpha value is -3.43. The van der Waals surface area contributed by atoms with E-state index >= 15 is 0 Å². The molecule has 164 valence electrons. The second-order valence-corrected chi connectivity index (χ2v) is 6.65. The molecule has 0 saturated carbocycles. The highest BCUT2D eigenvalue weighted by molar-refractivity contribution is 5.97. The van der Waals surface area contributed by atoms with Gasteiger partial charge in [0.05, 0.1) is 14.2 Å². The number of ether oxygens (including phenoxy) is 2. The van der Waals surface area contributed by atoms with Gasteiger partial charge in [-0.1, -0.05) is 37.3 Å². The molecule has 3 atom stereocenters. The van der Waals surface area contributed by atoms with Crippen LogP contribution in [0.1, 0.15) is 19.4 Å². The summed E-state index contributed by atoms with van der Waals surface area (Å²) < 4.78 is 9.14. The summed E-state index contributed by atoms with van der Waals surface area (Å²) in [6.07, 6.45) is 0.115. The van der Waals surface area contributed by atoms with Crippen molar-refractivity contribution in [2.45, 2.75) is 32.4 Å². The van der Waals surface area contributed by atoms with Crippen molar-refractivity contribution in [3.63, 3.8) is 0 Å². The Morgan fingerprint density at radius 2 is 1.50 bits per heavy atom. The highest BCUT2D eigenvalue weighted by Crippen LogP contribution is 2.20. The number of hydrogen-bond acceptors (Lipinski definition) is 7. The molecule has 3 N–H and O–H groups in total. The zero-order valence-corrected chi connectivity index (χ0v) is 17.2. The topological polar surface area (TPSA) is 148 Å². The van der Waals surface area contributed by atoms with E-state index in [-0.39, 0.29) is 6.42 Å². The molecule has 0 fully saturated rings. The number of carboxylic acids is 1. The average molecular weight is 422 g/mol. The summed E-state index contributed by atoms with van der Waals surface area (Å²) in [6, 6.07) is 6.14. The monoisotopic (exact) mass is 422 g/mol. The number of methoxy groups -OCH3 is 2. The zero-order chi connectivity index (χ0) is 22.8. The van der Waals surface area contributed by atoms with Crippen molar-refractivity contribution in [2.24, 2.45) is 11.8 Å². The lowest BCUT2D eigenvalue weighted by molar-refractivity contribution is -0.163. The summed E-state index contributed by atoms with van der Waals surface area (Å²) in [5.74, 6) is -7.45. The minimum absolute atomic E-state index is 0.115. The van der Waals surface area contributed by atoms with E-state index in [2.05, 4.69) is 20.1 Å². The lowest BCUT2D eigenvalue weighted by Crippen LogP contribution is -2.56. The van der Waals surface area contributed by atoms with Gasteiger partial charge in [0.2, 0.25) is 11.8 Å². The van der Waals surface area contributed by atoms with Crippen molar-refractivity contribution in [2.75, 3.05) is 14.2 Å². The van der Waals surface area contributed by atoms with E-state index in [1.165, 1.54) is 13.8 Å². The molecule has 1 aromatic rings. The maximum Gasteiger partial charge on any atom is 0.326 e. The molecule has 0 aliphatic carbocycles. The first kappa shape index (κ1) is 24.6. The summed E-state index contributed by atoms with van der Waals surface area (Å²) in [7, 11) is 2.10. The van der Waals surface area contributed by atoms with Crippen LogP contribution < -0.4 is 10.6 Å². The average Bonchev–Trinajstić information content (AvgIpc) is 2.71. The van der Waals surface area contributed by atoms with Crippen LogP contribution in [0, 0.1) is 11.8 Å². The minimum atomic E-state index is -1.62. The zero-order valence-electron chi connectivity index (χ0n) is 17.2. The highest BCUT2D eigenvalue weighted by atomic mass is 16.5. The van der Waals surface area contributed by atoms with Crippen LogP contribution >= 0.6 is 0 Å². The second-order valence-electron chi connectivity index (χ2n) is 6.65. The lowest BCUT2D eigenvalue weighted by atomic mass is 9.87. The largest absolute Gasteiger partial charge is 0.480 e. The Morgan fingerprint density at radius 3 is 1.93 bits per heavy atom. The molecule has 0 unspecified atom stereocenters. The van der Waals surface area contributed by atoms with Crippen molar-refractivity contribution in [3.05, 3.63) is 35.9 Å². The van der Waals surface area contributed by atoms with Gasteiger partial charge in [-0.2, -0.15) is 0 Å². The number of carbonyl (C=O) groups excluding carboxylic acids is 4. The number of amides is 2. The molecule has 30 heavy (non-hydrogen) atoms. The fraction of sp³-hybridized carbons (Fsp3) is 0.450.